The zero-order valence-corrected chi connectivity index (χ0v) is 9.62. The fourth-order valence-corrected chi connectivity index (χ4v) is 1.35. The van der Waals surface area contributed by atoms with Crippen LogP contribution in [0.4, 0.5) is 0 Å². The highest BCUT2D eigenvalue weighted by Crippen LogP contribution is 2.06. The lowest BCUT2D eigenvalue weighted by molar-refractivity contribution is -0.870. The van der Waals surface area contributed by atoms with Crippen LogP contribution in [0.1, 0.15) is 19.8 Å². The van der Waals surface area contributed by atoms with Gasteiger partial charge < -0.3 is 8.67 Å². The van der Waals surface area contributed by atoms with Crippen LogP contribution in [0.15, 0.2) is 0 Å². The lowest BCUT2D eigenvalue weighted by Gasteiger charge is -2.23. The molecule has 0 unspecified atom stereocenters. The minimum Gasteiger partial charge on any atom is -0.329 e. The third kappa shape index (κ3) is 10.3. The molecule has 74 valence electrons. The van der Waals surface area contributed by atoms with Gasteiger partial charge in [0.1, 0.15) is 13.2 Å². The van der Waals surface area contributed by atoms with E-state index in [0.717, 1.165) is 23.4 Å². The predicted octanol–water partition coefficient (Wildman–Crippen LogP) is 2.16. The molecule has 0 fully saturated rings. The van der Waals surface area contributed by atoms with Crippen molar-refractivity contribution in [3.8, 4) is 0 Å². The molecule has 0 aliphatic heterocycles. The van der Waals surface area contributed by atoms with E-state index in [1.807, 2.05) is 0 Å². The van der Waals surface area contributed by atoms with E-state index in [1.165, 1.54) is 12.8 Å². The molecule has 0 aromatic carbocycles. The molecule has 3 heteroatoms. The first kappa shape index (κ1) is 12.3. The van der Waals surface area contributed by atoms with Crippen LogP contribution in [0, 0.1) is 0 Å². The Balaban J connectivity index is 3.01. The molecule has 0 aliphatic carbocycles. The second-order valence-electron chi connectivity index (χ2n) is 4.01. The Bertz CT molecular complexity index is 101. The maximum Gasteiger partial charge on any atom is 0.110 e. The van der Waals surface area contributed by atoms with Crippen LogP contribution in [0.3, 0.4) is 0 Å². The van der Waals surface area contributed by atoms with Crippen LogP contribution < -0.4 is 0 Å². The number of rotatable bonds is 7. The zero-order chi connectivity index (χ0) is 9.45. The SMILES string of the molecule is CCCCSOCC[N+](C)(C)C. The van der Waals surface area contributed by atoms with Gasteiger partial charge in [-0.05, 0) is 18.5 Å². The molecular weight excluding hydrogens is 170 g/mol. The van der Waals surface area contributed by atoms with Crippen molar-refractivity contribution in [1.29, 1.82) is 0 Å². The van der Waals surface area contributed by atoms with E-state index in [-0.39, 0.29) is 0 Å². The fraction of sp³-hybridized carbons (Fsp3) is 1.00. The van der Waals surface area contributed by atoms with E-state index in [4.69, 9.17) is 4.18 Å². The summed E-state index contributed by atoms with van der Waals surface area (Å²) in [7, 11) is 6.54. The Kier molecular flexibility index (Phi) is 6.90. The van der Waals surface area contributed by atoms with Gasteiger partial charge in [-0.2, -0.15) is 0 Å². The highest BCUT2D eigenvalue weighted by Gasteiger charge is 2.05. The molecule has 0 rings (SSSR count). The van der Waals surface area contributed by atoms with Crippen molar-refractivity contribution in [3.63, 3.8) is 0 Å². The third-order valence-electron chi connectivity index (χ3n) is 1.51. The average molecular weight is 192 g/mol. The quantitative estimate of drug-likeness (QED) is 0.347. The summed E-state index contributed by atoms with van der Waals surface area (Å²) in [6.07, 6.45) is 2.51. The third-order valence-corrected chi connectivity index (χ3v) is 2.30. The Morgan fingerprint density at radius 3 is 2.42 bits per heavy atom. The van der Waals surface area contributed by atoms with Gasteiger partial charge in [-0.3, -0.25) is 0 Å². The van der Waals surface area contributed by atoms with Crippen LogP contribution in [0.25, 0.3) is 0 Å². The summed E-state index contributed by atoms with van der Waals surface area (Å²) in [6, 6.07) is 0. The molecule has 0 spiro atoms. The van der Waals surface area contributed by atoms with E-state index >= 15 is 0 Å². The van der Waals surface area contributed by atoms with Crippen molar-refractivity contribution in [2.45, 2.75) is 19.8 Å². The number of nitrogens with zero attached hydrogens (tertiary/aromatic N) is 1. The fourth-order valence-electron chi connectivity index (χ4n) is 0.632. The first-order valence-corrected chi connectivity index (χ1v) is 5.52. The summed E-state index contributed by atoms with van der Waals surface area (Å²) in [5.74, 6) is 1.13. The van der Waals surface area contributed by atoms with Gasteiger partial charge in [0, 0.05) is 5.75 Å². The maximum atomic E-state index is 5.41. The minimum atomic E-state index is 0.859. The van der Waals surface area contributed by atoms with Crippen molar-refractivity contribution in [2.75, 3.05) is 40.0 Å². The summed E-state index contributed by atoms with van der Waals surface area (Å²) < 4.78 is 6.39. The summed E-state index contributed by atoms with van der Waals surface area (Å²) >= 11 is 1.61. The summed E-state index contributed by atoms with van der Waals surface area (Å²) in [5, 5.41) is 0. The highest BCUT2D eigenvalue weighted by atomic mass is 32.2. The van der Waals surface area contributed by atoms with Crippen molar-refractivity contribution in [2.24, 2.45) is 0 Å². The molecule has 0 saturated carbocycles. The summed E-state index contributed by atoms with van der Waals surface area (Å²) in [5.41, 5.74) is 0. The van der Waals surface area contributed by atoms with Gasteiger partial charge in [0.15, 0.2) is 0 Å². The Morgan fingerprint density at radius 2 is 1.92 bits per heavy atom. The molecule has 0 heterocycles. The van der Waals surface area contributed by atoms with E-state index < -0.39 is 0 Å². The second kappa shape index (κ2) is 6.75. The Morgan fingerprint density at radius 1 is 1.25 bits per heavy atom. The molecule has 0 saturated heterocycles. The van der Waals surface area contributed by atoms with Gasteiger partial charge in [-0.15, -0.1) is 0 Å². The molecule has 12 heavy (non-hydrogen) atoms. The number of hydrogen-bond donors (Lipinski definition) is 0. The van der Waals surface area contributed by atoms with E-state index in [1.54, 1.807) is 12.0 Å². The van der Waals surface area contributed by atoms with Crippen LogP contribution in [-0.2, 0) is 4.18 Å². The standard InChI is InChI=1S/C9H22NOS/c1-5-6-9-12-11-8-7-10(2,3)4/h5-9H2,1-4H3/q+1. The molecule has 0 bridgehead atoms. The van der Waals surface area contributed by atoms with Gasteiger partial charge in [-0.25, -0.2) is 0 Å². The summed E-state index contributed by atoms with van der Waals surface area (Å²) in [6.45, 7) is 4.14. The molecule has 0 atom stereocenters. The van der Waals surface area contributed by atoms with E-state index in [9.17, 15) is 0 Å². The zero-order valence-electron chi connectivity index (χ0n) is 8.80. The summed E-state index contributed by atoms with van der Waals surface area (Å²) in [4.78, 5) is 0. The smallest absolute Gasteiger partial charge is 0.110 e. The molecule has 0 radical (unpaired) electrons. The van der Waals surface area contributed by atoms with Gasteiger partial charge in [0.2, 0.25) is 0 Å². The predicted molar refractivity (Wildman–Crippen MR) is 56.2 cm³/mol. The molecule has 0 aromatic heterocycles. The van der Waals surface area contributed by atoms with Crippen molar-refractivity contribution >= 4 is 12.0 Å². The first-order valence-electron chi connectivity index (χ1n) is 4.61. The average Bonchev–Trinajstić information content (AvgIpc) is 1.94. The maximum absolute atomic E-state index is 5.41. The molecule has 0 amide bonds. The topological polar surface area (TPSA) is 9.23 Å². The van der Waals surface area contributed by atoms with Gasteiger partial charge in [-0.1, -0.05) is 13.3 Å². The number of unbranched alkanes of at least 4 members (excludes halogenated alkanes) is 1. The number of hydrogen-bond acceptors (Lipinski definition) is 2. The van der Waals surface area contributed by atoms with E-state index in [0.29, 0.717) is 0 Å². The van der Waals surface area contributed by atoms with Crippen molar-refractivity contribution < 1.29 is 8.67 Å². The lowest BCUT2D eigenvalue weighted by atomic mass is 10.4. The molecule has 0 aliphatic rings. The van der Waals surface area contributed by atoms with Crippen LogP contribution >= 0.6 is 12.0 Å². The lowest BCUT2D eigenvalue weighted by Crippen LogP contribution is -2.37. The Hall–Kier alpha value is 0.270. The van der Waals surface area contributed by atoms with Crippen LogP contribution in [0.2, 0.25) is 0 Å². The van der Waals surface area contributed by atoms with Gasteiger partial charge >= 0.3 is 0 Å². The largest absolute Gasteiger partial charge is 0.329 e. The van der Waals surface area contributed by atoms with Crippen LogP contribution in [0.5, 0.6) is 0 Å². The van der Waals surface area contributed by atoms with Gasteiger partial charge in [0.05, 0.1) is 21.1 Å². The normalized spacial score (nSPS) is 12.0. The number of likely N-dealkylation sites (N-methyl/N-ethyl adjacent to an activating group) is 1. The van der Waals surface area contributed by atoms with Crippen LogP contribution in [-0.4, -0.2) is 44.5 Å². The highest BCUT2D eigenvalue weighted by molar-refractivity contribution is 7.94. The van der Waals surface area contributed by atoms with Crippen molar-refractivity contribution in [3.05, 3.63) is 0 Å². The molecule has 0 aromatic rings. The minimum absolute atomic E-state index is 0.859. The monoisotopic (exact) mass is 192 g/mol. The molecular formula is C9H22NOS+. The van der Waals surface area contributed by atoms with E-state index in [2.05, 4.69) is 28.1 Å². The Labute approximate surface area is 81.1 Å². The second-order valence-corrected chi connectivity index (χ2v) is 4.89. The first-order chi connectivity index (χ1) is 5.56. The molecule has 0 N–H and O–H groups in total. The number of quaternary nitrogens is 1. The molecule has 2 nitrogen and oxygen atoms in total. The van der Waals surface area contributed by atoms with Crippen molar-refractivity contribution in [1.82, 2.24) is 0 Å². The van der Waals surface area contributed by atoms with Gasteiger partial charge in [0.25, 0.3) is 0 Å².